The molecular weight excluding hydrogens is 254 g/mol. The number of imidazole rings is 1. The topological polar surface area (TPSA) is 40.7 Å². The Hall–Kier alpha value is -0.840. The molecule has 0 saturated heterocycles. The van der Waals surface area contributed by atoms with E-state index in [9.17, 15) is 0 Å². The Bertz CT molecular complexity index is 501. The van der Waals surface area contributed by atoms with Gasteiger partial charge < -0.3 is 10.3 Å². The van der Waals surface area contributed by atoms with E-state index in [-0.39, 0.29) is 0 Å². The minimum atomic E-state index is 0.764. The fourth-order valence-electron chi connectivity index (χ4n) is 1.77. The average molecular weight is 268 g/mol. The van der Waals surface area contributed by atoms with Crippen LogP contribution in [0.1, 0.15) is 18.7 Å². The third-order valence-electron chi connectivity index (χ3n) is 2.88. The number of halogens is 1. The Morgan fingerprint density at radius 1 is 1.53 bits per heavy atom. The van der Waals surface area contributed by atoms with Crippen molar-refractivity contribution >= 4 is 22.9 Å². The van der Waals surface area contributed by atoms with Crippen LogP contribution in [0.5, 0.6) is 0 Å². The quantitative estimate of drug-likeness (QED) is 0.874. The van der Waals surface area contributed by atoms with Gasteiger partial charge in [-0.25, -0.2) is 4.98 Å². The molecule has 3 nitrogen and oxygen atoms in total. The Morgan fingerprint density at radius 3 is 3.12 bits per heavy atom. The van der Waals surface area contributed by atoms with Crippen LogP contribution in [-0.2, 0) is 6.42 Å². The van der Waals surface area contributed by atoms with Gasteiger partial charge in [0.05, 0.1) is 16.2 Å². The Labute approximate surface area is 109 Å². The van der Waals surface area contributed by atoms with Crippen LogP contribution in [0.4, 0.5) is 0 Å². The smallest absolute Gasteiger partial charge is 0.107 e. The van der Waals surface area contributed by atoms with E-state index in [4.69, 9.17) is 11.6 Å². The lowest BCUT2D eigenvalue weighted by Gasteiger charge is -1.99. The maximum atomic E-state index is 5.92. The van der Waals surface area contributed by atoms with E-state index >= 15 is 0 Å². The number of rotatable bonds is 5. The summed E-state index contributed by atoms with van der Waals surface area (Å²) in [5, 5.41) is 5.52. The van der Waals surface area contributed by atoms with Crippen LogP contribution in [-0.4, -0.2) is 22.6 Å². The number of aromatic amines is 1. The largest absolute Gasteiger partial charge is 0.342 e. The van der Waals surface area contributed by atoms with Crippen LogP contribution in [0.25, 0.3) is 11.3 Å². The molecule has 0 spiro atoms. The van der Waals surface area contributed by atoms with Gasteiger partial charge in [0, 0.05) is 30.0 Å². The molecule has 0 unspecified atom stereocenters. The molecule has 1 aliphatic carbocycles. The first-order valence-corrected chi connectivity index (χ1v) is 7.09. The SMILES string of the molecule is Clc1cc(-c2cnc(CCNC3CC3)[nH]2)cs1. The standard InChI is InChI=1S/C12H14ClN3S/c13-11-5-8(7-17-11)10-6-15-12(16-10)3-4-14-9-1-2-9/h5-7,9,14H,1-4H2,(H,15,16). The molecule has 3 rings (SSSR count). The fourth-order valence-corrected chi connectivity index (χ4v) is 2.65. The average Bonchev–Trinajstić information content (AvgIpc) is 2.85. The number of aromatic nitrogens is 2. The number of thiophene rings is 1. The predicted octanol–water partition coefficient (Wildman–Crippen LogP) is 3.09. The van der Waals surface area contributed by atoms with Crippen molar-refractivity contribution in [3.05, 3.63) is 27.8 Å². The molecule has 0 amide bonds. The summed E-state index contributed by atoms with van der Waals surface area (Å²) in [5.74, 6) is 1.04. The van der Waals surface area contributed by atoms with Crippen molar-refractivity contribution in [2.24, 2.45) is 0 Å². The lowest BCUT2D eigenvalue weighted by molar-refractivity contribution is 0.669. The molecule has 1 saturated carbocycles. The van der Waals surface area contributed by atoms with Crippen molar-refractivity contribution in [2.75, 3.05) is 6.54 Å². The van der Waals surface area contributed by atoms with Gasteiger partial charge in [-0.3, -0.25) is 0 Å². The van der Waals surface area contributed by atoms with E-state index < -0.39 is 0 Å². The molecule has 0 atom stereocenters. The van der Waals surface area contributed by atoms with Gasteiger partial charge in [-0.15, -0.1) is 11.3 Å². The van der Waals surface area contributed by atoms with Gasteiger partial charge >= 0.3 is 0 Å². The number of H-pyrrole nitrogens is 1. The molecule has 17 heavy (non-hydrogen) atoms. The summed E-state index contributed by atoms with van der Waals surface area (Å²) in [7, 11) is 0. The van der Waals surface area contributed by atoms with Crippen LogP contribution >= 0.6 is 22.9 Å². The van der Waals surface area contributed by atoms with E-state index in [1.54, 1.807) is 11.3 Å². The maximum absolute atomic E-state index is 5.92. The molecule has 0 aliphatic heterocycles. The number of hydrogen-bond acceptors (Lipinski definition) is 3. The predicted molar refractivity (Wildman–Crippen MR) is 71.6 cm³/mol. The molecular formula is C12H14ClN3S. The maximum Gasteiger partial charge on any atom is 0.107 e. The van der Waals surface area contributed by atoms with Crippen molar-refractivity contribution in [1.82, 2.24) is 15.3 Å². The Balaban J connectivity index is 1.61. The molecule has 0 bridgehead atoms. The number of hydrogen-bond donors (Lipinski definition) is 2. The van der Waals surface area contributed by atoms with Crippen LogP contribution in [0.2, 0.25) is 4.34 Å². The van der Waals surface area contributed by atoms with E-state index in [1.807, 2.05) is 17.6 Å². The molecule has 2 heterocycles. The minimum absolute atomic E-state index is 0.764. The minimum Gasteiger partial charge on any atom is -0.342 e. The second-order valence-electron chi connectivity index (χ2n) is 4.36. The first-order chi connectivity index (χ1) is 8.31. The zero-order valence-corrected chi connectivity index (χ0v) is 10.9. The molecule has 0 radical (unpaired) electrons. The van der Waals surface area contributed by atoms with Gasteiger partial charge in [-0.1, -0.05) is 11.6 Å². The van der Waals surface area contributed by atoms with Crippen molar-refractivity contribution in [3.8, 4) is 11.3 Å². The van der Waals surface area contributed by atoms with Gasteiger partial charge in [0.1, 0.15) is 5.82 Å². The van der Waals surface area contributed by atoms with Crippen molar-refractivity contribution in [3.63, 3.8) is 0 Å². The molecule has 2 aromatic heterocycles. The second-order valence-corrected chi connectivity index (χ2v) is 5.90. The monoisotopic (exact) mass is 267 g/mol. The molecule has 90 valence electrons. The van der Waals surface area contributed by atoms with E-state index in [2.05, 4.69) is 15.3 Å². The van der Waals surface area contributed by atoms with Crippen molar-refractivity contribution in [1.29, 1.82) is 0 Å². The second kappa shape index (κ2) is 4.80. The van der Waals surface area contributed by atoms with E-state index in [0.717, 1.165) is 40.4 Å². The lowest BCUT2D eigenvalue weighted by Crippen LogP contribution is -2.19. The van der Waals surface area contributed by atoms with Gasteiger partial charge in [-0.05, 0) is 18.9 Å². The van der Waals surface area contributed by atoms with Gasteiger partial charge in [0.2, 0.25) is 0 Å². The van der Waals surface area contributed by atoms with Gasteiger partial charge in [0.15, 0.2) is 0 Å². The van der Waals surface area contributed by atoms with E-state index in [1.165, 1.54) is 12.8 Å². The number of nitrogens with zero attached hydrogens (tertiary/aromatic N) is 1. The number of nitrogens with one attached hydrogen (secondary N) is 2. The fraction of sp³-hybridized carbons (Fsp3) is 0.417. The van der Waals surface area contributed by atoms with Crippen LogP contribution < -0.4 is 5.32 Å². The summed E-state index contributed by atoms with van der Waals surface area (Å²) in [6.07, 6.45) is 5.49. The summed E-state index contributed by atoms with van der Waals surface area (Å²) >= 11 is 7.46. The first-order valence-electron chi connectivity index (χ1n) is 5.83. The molecule has 2 aromatic rings. The first kappa shape index (κ1) is 11.3. The van der Waals surface area contributed by atoms with Gasteiger partial charge in [0.25, 0.3) is 0 Å². The molecule has 1 aliphatic rings. The molecule has 1 fully saturated rings. The summed E-state index contributed by atoms with van der Waals surface area (Å²) in [5.41, 5.74) is 2.17. The van der Waals surface area contributed by atoms with Crippen molar-refractivity contribution in [2.45, 2.75) is 25.3 Å². The summed E-state index contributed by atoms with van der Waals surface area (Å²) < 4.78 is 0.812. The summed E-state index contributed by atoms with van der Waals surface area (Å²) in [6, 6.07) is 2.73. The molecule has 5 heteroatoms. The van der Waals surface area contributed by atoms with Crippen LogP contribution in [0.3, 0.4) is 0 Å². The Morgan fingerprint density at radius 2 is 2.41 bits per heavy atom. The van der Waals surface area contributed by atoms with Crippen LogP contribution in [0.15, 0.2) is 17.6 Å². The zero-order chi connectivity index (χ0) is 11.7. The molecule has 2 N–H and O–H groups in total. The van der Waals surface area contributed by atoms with E-state index in [0.29, 0.717) is 0 Å². The molecule has 0 aromatic carbocycles. The van der Waals surface area contributed by atoms with Crippen LogP contribution in [0, 0.1) is 0 Å². The lowest BCUT2D eigenvalue weighted by atomic mass is 10.3. The highest BCUT2D eigenvalue weighted by Gasteiger charge is 2.19. The highest BCUT2D eigenvalue weighted by Crippen LogP contribution is 2.27. The van der Waals surface area contributed by atoms with Crippen molar-refractivity contribution < 1.29 is 0 Å². The van der Waals surface area contributed by atoms with Gasteiger partial charge in [-0.2, -0.15) is 0 Å². The third-order valence-corrected chi connectivity index (χ3v) is 3.97. The zero-order valence-electron chi connectivity index (χ0n) is 9.37. The highest BCUT2D eigenvalue weighted by molar-refractivity contribution is 7.14. The summed E-state index contributed by atoms with van der Waals surface area (Å²) in [6.45, 7) is 1.00. The highest BCUT2D eigenvalue weighted by atomic mass is 35.5. The summed E-state index contributed by atoms with van der Waals surface area (Å²) in [4.78, 5) is 7.72. The third kappa shape index (κ3) is 2.89. The Kier molecular flexibility index (Phi) is 3.18. The normalized spacial score (nSPS) is 15.4.